The Morgan fingerprint density at radius 3 is 2.93 bits per heavy atom. The molecule has 0 unspecified atom stereocenters. The van der Waals surface area contributed by atoms with Crippen molar-refractivity contribution in [2.24, 2.45) is 0 Å². The van der Waals surface area contributed by atoms with Gasteiger partial charge in [-0.05, 0) is 34.7 Å². The van der Waals surface area contributed by atoms with Crippen LogP contribution in [0.2, 0.25) is 0 Å². The topological polar surface area (TPSA) is 35.0 Å². The van der Waals surface area contributed by atoms with Crippen molar-refractivity contribution in [3.8, 4) is 11.6 Å². The molecule has 2 rings (SSSR count). The molecule has 1 aromatic heterocycles. The molecule has 0 bridgehead atoms. The minimum Gasteiger partial charge on any atom is -0.438 e. The second-order valence-electron chi connectivity index (χ2n) is 2.74. The van der Waals surface area contributed by atoms with Gasteiger partial charge in [0, 0.05) is 12.3 Å². The van der Waals surface area contributed by atoms with Crippen LogP contribution in [0, 0.1) is 9.39 Å². The molecule has 0 aliphatic heterocycles. The molecule has 0 fully saturated rings. The first-order chi connectivity index (χ1) is 7.25. The average Bonchev–Trinajstić information content (AvgIpc) is 2.22. The van der Waals surface area contributed by atoms with Crippen molar-refractivity contribution < 1.29 is 9.13 Å². The van der Waals surface area contributed by atoms with Gasteiger partial charge in [-0.25, -0.2) is 14.4 Å². The Morgan fingerprint density at radius 1 is 1.33 bits per heavy atom. The first-order valence-corrected chi connectivity index (χ1v) is 5.22. The number of nitrogens with zero attached hydrogens (tertiary/aromatic N) is 2. The Labute approximate surface area is 99.5 Å². The summed E-state index contributed by atoms with van der Waals surface area (Å²) >= 11 is 2.05. The summed E-state index contributed by atoms with van der Waals surface area (Å²) in [7, 11) is 0. The predicted octanol–water partition coefficient (Wildman–Crippen LogP) is 3.01. The SMILES string of the molecule is Fc1cccc(Oc2ncncc2I)c1. The van der Waals surface area contributed by atoms with Gasteiger partial charge in [0.15, 0.2) is 0 Å². The van der Waals surface area contributed by atoms with Crippen molar-refractivity contribution in [1.82, 2.24) is 9.97 Å². The molecule has 0 N–H and O–H groups in total. The smallest absolute Gasteiger partial charge is 0.235 e. The van der Waals surface area contributed by atoms with Crippen LogP contribution in [0.3, 0.4) is 0 Å². The van der Waals surface area contributed by atoms with E-state index < -0.39 is 0 Å². The summed E-state index contributed by atoms with van der Waals surface area (Å²) < 4.78 is 19.0. The third-order valence-electron chi connectivity index (χ3n) is 1.64. The van der Waals surface area contributed by atoms with Gasteiger partial charge in [0.25, 0.3) is 0 Å². The molecule has 3 nitrogen and oxygen atoms in total. The van der Waals surface area contributed by atoms with E-state index in [4.69, 9.17) is 4.74 Å². The van der Waals surface area contributed by atoms with Gasteiger partial charge in [0.2, 0.25) is 5.88 Å². The van der Waals surface area contributed by atoms with Crippen LogP contribution in [-0.4, -0.2) is 9.97 Å². The summed E-state index contributed by atoms with van der Waals surface area (Å²) in [6.45, 7) is 0. The van der Waals surface area contributed by atoms with Gasteiger partial charge in [0.05, 0.1) is 3.57 Å². The van der Waals surface area contributed by atoms with E-state index in [2.05, 4.69) is 32.6 Å². The maximum Gasteiger partial charge on any atom is 0.235 e. The molecule has 0 spiro atoms. The van der Waals surface area contributed by atoms with Crippen LogP contribution in [0.25, 0.3) is 0 Å². The van der Waals surface area contributed by atoms with E-state index in [0.717, 1.165) is 3.57 Å². The molecule has 0 saturated carbocycles. The van der Waals surface area contributed by atoms with E-state index in [-0.39, 0.29) is 5.82 Å². The van der Waals surface area contributed by atoms with E-state index in [9.17, 15) is 4.39 Å². The highest BCUT2D eigenvalue weighted by atomic mass is 127. The van der Waals surface area contributed by atoms with Crippen LogP contribution >= 0.6 is 22.6 Å². The fourth-order valence-corrected chi connectivity index (χ4v) is 1.43. The molecule has 0 amide bonds. The molecule has 1 aromatic carbocycles. The Hall–Kier alpha value is -1.24. The van der Waals surface area contributed by atoms with Crippen LogP contribution in [0.15, 0.2) is 36.8 Å². The molecule has 76 valence electrons. The highest BCUT2D eigenvalue weighted by molar-refractivity contribution is 14.1. The molecule has 0 saturated heterocycles. The molecule has 0 aliphatic carbocycles. The van der Waals surface area contributed by atoms with Crippen LogP contribution in [0.4, 0.5) is 4.39 Å². The lowest BCUT2D eigenvalue weighted by Crippen LogP contribution is -1.92. The minimum absolute atomic E-state index is 0.337. The lowest BCUT2D eigenvalue weighted by Gasteiger charge is -2.05. The number of halogens is 2. The van der Waals surface area contributed by atoms with E-state index in [0.29, 0.717) is 11.6 Å². The highest BCUT2D eigenvalue weighted by Gasteiger charge is 2.03. The number of hydrogen-bond donors (Lipinski definition) is 0. The quantitative estimate of drug-likeness (QED) is 0.799. The third kappa shape index (κ3) is 2.62. The van der Waals surface area contributed by atoms with Crippen LogP contribution in [-0.2, 0) is 0 Å². The van der Waals surface area contributed by atoms with Gasteiger partial charge >= 0.3 is 0 Å². The first-order valence-electron chi connectivity index (χ1n) is 4.14. The third-order valence-corrected chi connectivity index (χ3v) is 2.38. The number of ether oxygens (including phenoxy) is 1. The van der Waals surface area contributed by atoms with Gasteiger partial charge in [-0.15, -0.1) is 0 Å². The lowest BCUT2D eigenvalue weighted by atomic mass is 10.3. The van der Waals surface area contributed by atoms with Crippen molar-refractivity contribution in [3.05, 3.63) is 46.2 Å². The number of hydrogen-bond acceptors (Lipinski definition) is 3. The largest absolute Gasteiger partial charge is 0.438 e. The summed E-state index contributed by atoms with van der Waals surface area (Å²) in [6.07, 6.45) is 3.01. The molecule has 0 radical (unpaired) electrons. The van der Waals surface area contributed by atoms with E-state index in [1.807, 2.05) is 0 Å². The molecular weight excluding hydrogens is 310 g/mol. The first kappa shape index (κ1) is 10.3. The van der Waals surface area contributed by atoms with Gasteiger partial charge in [-0.2, -0.15) is 0 Å². The monoisotopic (exact) mass is 316 g/mol. The second kappa shape index (κ2) is 4.52. The van der Waals surface area contributed by atoms with Gasteiger partial charge in [-0.1, -0.05) is 6.07 Å². The van der Waals surface area contributed by atoms with Gasteiger partial charge in [-0.3, -0.25) is 0 Å². The Kier molecular flexibility index (Phi) is 3.10. The molecule has 0 atom stereocenters. The summed E-state index contributed by atoms with van der Waals surface area (Å²) in [6, 6.07) is 5.91. The van der Waals surface area contributed by atoms with Crippen LogP contribution < -0.4 is 4.74 Å². The molecule has 1 heterocycles. The zero-order chi connectivity index (χ0) is 10.7. The lowest BCUT2D eigenvalue weighted by molar-refractivity contribution is 0.453. The van der Waals surface area contributed by atoms with E-state index in [1.54, 1.807) is 18.3 Å². The summed E-state index contributed by atoms with van der Waals surface area (Å²) in [5.74, 6) is 0.513. The maximum atomic E-state index is 12.9. The minimum atomic E-state index is -0.337. The fourth-order valence-electron chi connectivity index (χ4n) is 1.02. The number of rotatable bonds is 2. The maximum absolute atomic E-state index is 12.9. The van der Waals surface area contributed by atoms with Crippen LogP contribution in [0.1, 0.15) is 0 Å². The number of aromatic nitrogens is 2. The van der Waals surface area contributed by atoms with E-state index >= 15 is 0 Å². The summed E-state index contributed by atoms with van der Waals surface area (Å²) in [4.78, 5) is 7.77. The van der Waals surface area contributed by atoms with Crippen LogP contribution in [0.5, 0.6) is 11.6 Å². The average molecular weight is 316 g/mol. The van der Waals surface area contributed by atoms with Crippen molar-refractivity contribution in [2.75, 3.05) is 0 Å². The van der Waals surface area contributed by atoms with Gasteiger partial charge in [0.1, 0.15) is 17.9 Å². The summed E-state index contributed by atoms with van der Waals surface area (Å²) in [5.41, 5.74) is 0. The van der Waals surface area contributed by atoms with E-state index in [1.165, 1.54) is 18.5 Å². The number of benzene rings is 1. The summed E-state index contributed by atoms with van der Waals surface area (Å²) in [5, 5.41) is 0. The Morgan fingerprint density at radius 2 is 2.20 bits per heavy atom. The molecule has 5 heteroatoms. The van der Waals surface area contributed by atoms with Crippen molar-refractivity contribution >= 4 is 22.6 Å². The standard InChI is InChI=1S/C10H6FIN2O/c11-7-2-1-3-8(4-7)15-10-9(12)5-13-6-14-10/h1-6H. The predicted molar refractivity (Wildman–Crippen MR) is 61.2 cm³/mol. The molecule has 2 aromatic rings. The highest BCUT2D eigenvalue weighted by Crippen LogP contribution is 2.23. The second-order valence-corrected chi connectivity index (χ2v) is 3.90. The molecule has 15 heavy (non-hydrogen) atoms. The fraction of sp³-hybridized carbons (Fsp3) is 0. The normalized spacial score (nSPS) is 10.0. The molecular formula is C10H6FIN2O. The van der Waals surface area contributed by atoms with Crippen molar-refractivity contribution in [1.29, 1.82) is 0 Å². The molecule has 0 aliphatic rings. The van der Waals surface area contributed by atoms with Crippen molar-refractivity contribution in [3.63, 3.8) is 0 Å². The Bertz CT molecular complexity index is 478. The van der Waals surface area contributed by atoms with Gasteiger partial charge < -0.3 is 4.74 Å². The zero-order valence-corrected chi connectivity index (χ0v) is 9.68. The van der Waals surface area contributed by atoms with Crippen molar-refractivity contribution in [2.45, 2.75) is 0 Å². The zero-order valence-electron chi connectivity index (χ0n) is 7.52. The Balaban J connectivity index is 2.26.